The second kappa shape index (κ2) is 26.3. The summed E-state index contributed by atoms with van der Waals surface area (Å²) in [5.41, 5.74) is 13.7. The van der Waals surface area contributed by atoms with Crippen molar-refractivity contribution in [3.63, 3.8) is 0 Å². The molecule has 7 aromatic carbocycles. The molecule has 9 rings (SSSR count). The number of hydrogen-bond acceptors (Lipinski definition) is 24. The zero-order chi connectivity index (χ0) is 63.9. The van der Waals surface area contributed by atoms with Crippen LogP contribution in [0.5, 0.6) is 0 Å². The number of benzene rings is 7. The molecule has 0 radical (unpaired) electrons. The number of anilines is 10. The predicted octanol–water partition coefficient (Wildman–Crippen LogP) is 10.6. The summed E-state index contributed by atoms with van der Waals surface area (Å²) in [6, 6.07) is 29.3. The number of nitrogens with one attached hydrogen (secondary N) is 6. The second-order valence-corrected chi connectivity index (χ2v) is 24.2. The first-order valence-corrected chi connectivity index (χ1v) is 30.7. The van der Waals surface area contributed by atoms with Gasteiger partial charge in [-0.2, -0.15) is 68.7 Å². The lowest BCUT2D eigenvalue weighted by Gasteiger charge is -2.11. The number of primary amides is 2. The van der Waals surface area contributed by atoms with Gasteiger partial charge in [0.1, 0.15) is 31.7 Å². The highest BCUT2D eigenvalue weighted by Gasteiger charge is 2.23. The van der Waals surface area contributed by atoms with Crippen LogP contribution in [0.15, 0.2) is 173 Å². The van der Waals surface area contributed by atoms with Gasteiger partial charge in [0, 0.05) is 33.5 Å². The number of azo groups is 2. The Morgan fingerprint density at radius 1 is 0.420 bits per heavy atom. The van der Waals surface area contributed by atoms with Gasteiger partial charge in [-0.1, -0.05) is 36.4 Å². The fourth-order valence-electron chi connectivity index (χ4n) is 7.70. The third-order valence-corrected chi connectivity index (χ3v) is 15.2. The summed E-state index contributed by atoms with van der Waals surface area (Å²) < 4.78 is 133. The Labute approximate surface area is 508 Å². The zero-order valence-corrected chi connectivity index (χ0v) is 49.4. The molecule has 0 aliphatic heterocycles. The van der Waals surface area contributed by atoms with Crippen molar-refractivity contribution < 1.29 is 61.5 Å². The number of amides is 4. The number of carbonyl (C=O) groups excluding carboxylic acids is 2. The molecule has 0 aliphatic carbocycles. The van der Waals surface area contributed by atoms with E-state index < -0.39 is 67.2 Å². The van der Waals surface area contributed by atoms with Crippen LogP contribution in [0, 0.1) is 13.8 Å². The molecule has 38 heteroatoms. The molecule has 0 saturated carbocycles. The molecule has 0 unspecified atom stereocenters. The maximum absolute atomic E-state index is 12.1. The molecule has 0 saturated heterocycles. The maximum atomic E-state index is 12.1. The average molecular weight is 1320 g/mol. The number of rotatable bonds is 18. The van der Waals surface area contributed by atoms with E-state index in [1.807, 2.05) is 31.2 Å². The van der Waals surface area contributed by atoms with Gasteiger partial charge >= 0.3 is 12.1 Å². The summed E-state index contributed by atoms with van der Waals surface area (Å²) in [6.45, 7) is 3.56. The fourth-order valence-corrected chi connectivity index (χ4v) is 10.7. The Morgan fingerprint density at radius 2 is 0.852 bits per heavy atom. The monoisotopic (exact) mass is 1320 g/mol. The first-order valence-electron chi connectivity index (χ1n) is 24.2. The minimum atomic E-state index is -4.87. The molecule has 9 aromatic rings. The minimum absolute atomic E-state index is 0.0383. The topological polar surface area (TPSA) is 503 Å². The van der Waals surface area contributed by atoms with Gasteiger partial charge in [0.05, 0.1) is 22.0 Å². The highest BCUT2D eigenvalue weighted by atomic mass is 35.5. The van der Waals surface area contributed by atoms with Gasteiger partial charge in [0.25, 0.3) is 40.5 Å². The SMILES string of the molecule is Cc1ccc(N=Nc2ccc(Nc3nc(Cl)nc(Nc4cccc(S(=O)(=O)O)c4)n3)cc2NC(N)=O)c(S(=O)(=O)O)c1.Cc1cccc(Nc2nc(Cl)nc(Nc3ccc(N=Nc4cc(S(=O)(=O)O)c5cccc(S(=O)(=O)O)c5c4)c(NC(N)=O)c3)n2)c1. The Bertz CT molecular complexity index is 4800. The van der Waals surface area contributed by atoms with E-state index in [1.54, 1.807) is 13.0 Å². The first-order chi connectivity index (χ1) is 41.3. The summed E-state index contributed by atoms with van der Waals surface area (Å²) >= 11 is 12.1. The number of hydrogen-bond donors (Lipinski definition) is 12. The molecular formula is C50H42Cl2N18O14S4. The van der Waals surface area contributed by atoms with Crippen molar-refractivity contribution in [2.24, 2.45) is 31.9 Å². The number of urea groups is 2. The van der Waals surface area contributed by atoms with Gasteiger partial charge in [-0.25, -0.2) is 9.59 Å². The van der Waals surface area contributed by atoms with Crippen LogP contribution in [0.1, 0.15) is 11.1 Å². The molecule has 2 heterocycles. The minimum Gasteiger partial charge on any atom is -0.351 e. The standard InChI is InChI=1S/C27H22ClN9O7S2.C23H20ClN9O7S2/c1-14-4-2-5-15(10-14)30-26-33-24(28)34-27(35-26)31-16-8-9-20(21(12-16)32-25(29)38)37-36-17-11-19-18(23(13-17)46(42,43)44)6-3-7-22(19)45(39,40)41;1-12-5-7-17(19(9-12)42(38,39)40)33-32-16-8-6-14(11-18(16)28-21(25)34)27-23-30-20(24)29-22(31-23)26-13-3-2-4-15(10-13)41(35,36)37/h2-13H,1H3,(H3,29,32,38)(H,39,40,41)(H,42,43,44)(H2,30,31,33,34,35);2-11H,1H3,(H3,25,28,34)(H,35,36,37)(H,38,39,40)(H2,26,27,29,30,31). The van der Waals surface area contributed by atoms with E-state index in [0.717, 1.165) is 35.5 Å². The van der Waals surface area contributed by atoms with Crippen molar-refractivity contribution in [1.29, 1.82) is 0 Å². The summed E-state index contributed by atoms with van der Waals surface area (Å²) in [5.74, 6) is 0.0859. The molecule has 2 aromatic heterocycles. The normalized spacial score (nSPS) is 11.9. The third-order valence-electron chi connectivity index (χ3n) is 11.3. The number of nitrogens with two attached hydrogens (primary N) is 2. The number of aromatic nitrogens is 6. The van der Waals surface area contributed by atoms with Crippen LogP contribution in [-0.2, 0) is 40.5 Å². The molecule has 0 fully saturated rings. The van der Waals surface area contributed by atoms with Gasteiger partial charge in [-0.05, 0) is 145 Å². The van der Waals surface area contributed by atoms with E-state index >= 15 is 0 Å². The molecule has 4 amide bonds. The second-order valence-electron chi connectivity index (χ2n) is 17.9. The van der Waals surface area contributed by atoms with E-state index in [2.05, 4.69) is 82.3 Å². The van der Waals surface area contributed by atoms with E-state index in [4.69, 9.17) is 34.7 Å². The van der Waals surface area contributed by atoms with E-state index in [1.165, 1.54) is 78.9 Å². The summed E-state index contributed by atoms with van der Waals surface area (Å²) in [4.78, 5) is 45.8. The van der Waals surface area contributed by atoms with Crippen LogP contribution < -0.4 is 43.4 Å². The molecule has 0 aliphatic rings. The van der Waals surface area contributed by atoms with Crippen molar-refractivity contribution in [2.45, 2.75) is 33.4 Å². The number of nitrogens with zero attached hydrogens (tertiary/aromatic N) is 10. The maximum Gasteiger partial charge on any atom is 0.316 e. The van der Waals surface area contributed by atoms with Gasteiger partial charge < -0.3 is 43.4 Å². The number of aryl methyl sites for hydroxylation is 2. The first kappa shape index (κ1) is 64.0. The summed E-state index contributed by atoms with van der Waals surface area (Å²) in [5, 5.41) is 31.5. The van der Waals surface area contributed by atoms with Crippen LogP contribution >= 0.6 is 23.2 Å². The lowest BCUT2D eigenvalue weighted by molar-refractivity contribution is 0.258. The van der Waals surface area contributed by atoms with Crippen LogP contribution in [0.3, 0.4) is 0 Å². The third kappa shape index (κ3) is 17.3. The molecule has 32 nitrogen and oxygen atoms in total. The molecule has 0 atom stereocenters. The molecule has 454 valence electrons. The lowest BCUT2D eigenvalue weighted by Crippen LogP contribution is -2.19. The highest BCUT2D eigenvalue weighted by Crippen LogP contribution is 2.37. The largest absolute Gasteiger partial charge is 0.351 e. The van der Waals surface area contributed by atoms with Crippen molar-refractivity contribution in [1.82, 2.24) is 29.9 Å². The molecule has 14 N–H and O–H groups in total. The quantitative estimate of drug-likeness (QED) is 0.0280. The molecule has 0 spiro atoms. The van der Waals surface area contributed by atoms with E-state index in [-0.39, 0.29) is 89.8 Å². The van der Waals surface area contributed by atoms with Crippen molar-refractivity contribution >= 4 is 167 Å². The van der Waals surface area contributed by atoms with Gasteiger partial charge in [-0.15, -0.1) is 15.3 Å². The van der Waals surface area contributed by atoms with E-state index in [9.17, 15) is 61.5 Å². The molecular weight excluding hydrogens is 1280 g/mol. The molecule has 88 heavy (non-hydrogen) atoms. The number of carbonyl (C=O) groups is 2. The van der Waals surface area contributed by atoms with Crippen molar-refractivity contribution in [3.05, 3.63) is 155 Å². The Hall–Kier alpha value is -10.0. The van der Waals surface area contributed by atoms with Gasteiger partial charge in [0.15, 0.2) is 0 Å². The Kier molecular flexibility index (Phi) is 19.1. The number of fused-ring (bicyclic) bond motifs is 1. The highest BCUT2D eigenvalue weighted by molar-refractivity contribution is 7.87. The Balaban J connectivity index is 0.000000229. The van der Waals surface area contributed by atoms with Crippen molar-refractivity contribution in [2.75, 3.05) is 31.9 Å². The van der Waals surface area contributed by atoms with Gasteiger partial charge in [-0.3, -0.25) is 18.2 Å². The predicted molar refractivity (Wildman–Crippen MR) is 322 cm³/mol. The van der Waals surface area contributed by atoms with Crippen molar-refractivity contribution in [3.8, 4) is 0 Å². The lowest BCUT2D eigenvalue weighted by atomic mass is 10.1. The van der Waals surface area contributed by atoms with Crippen LogP contribution in [-0.4, -0.2) is 93.8 Å². The van der Waals surface area contributed by atoms with Crippen LogP contribution in [0.2, 0.25) is 10.6 Å². The Morgan fingerprint density at radius 3 is 1.33 bits per heavy atom. The zero-order valence-electron chi connectivity index (χ0n) is 44.6. The summed E-state index contributed by atoms with van der Waals surface area (Å²) in [6.07, 6.45) is 0. The smallest absolute Gasteiger partial charge is 0.316 e. The summed E-state index contributed by atoms with van der Waals surface area (Å²) in [7, 11) is -18.7. The van der Waals surface area contributed by atoms with Crippen LogP contribution in [0.4, 0.5) is 90.3 Å². The van der Waals surface area contributed by atoms with Gasteiger partial charge in [0.2, 0.25) is 34.4 Å². The fraction of sp³-hybridized carbons (Fsp3) is 0.0400. The average Bonchev–Trinajstić information content (AvgIpc) is 1.52. The molecule has 0 bridgehead atoms. The number of halogens is 2. The van der Waals surface area contributed by atoms with E-state index in [0.29, 0.717) is 16.9 Å². The van der Waals surface area contributed by atoms with Crippen LogP contribution in [0.25, 0.3) is 10.8 Å².